The van der Waals surface area contributed by atoms with Gasteiger partial charge in [-0.3, -0.25) is 4.79 Å². The van der Waals surface area contributed by atoms with Crippen molar-refractivity contribution in [3.63, 3.8) is 0 Å². The van der Waals surface area contributed by atoms with Crippen molar-refractivity contribution in [1.29, 1.82) is 0 Å². The van der Waals surface area contributed by atoms with E-state index in [-0.39, 0.29) is 17.3 Å². The molecule has 0 fully saturated rings. The number of amides is 1. The minimum Gasteiger partial charge on any atom is -0.330 e. The zero-order valence-electron chi connectivity index (χ0n) is 9.26. The van der Waals surface area contributed by atoms with Crippen LogP contribution in [0.25, 0.3) is 0 Å². The van der Waals surface area contributed by atoms with Crippen molar-refractivity contribution in [2.45, 2.75) is 13.1 Å². The van der Waals surface area contributed by atoms with Gasteiger partial charge in [-0.15, -0.1) is 0 Å². The highest BCUT2D eigenvalue weighted by atomic mass is 79.9. The number of carbonyl (C=O) groups excluding carboxylic acids is 1. The molecular weight excluding hydrogens is 336 g/mol. The summed E-state index contributed by atoms with van der Waals surface area (Å²) in [5.74, 6) is -0.798. The van der Waals surface area contributed by atoms with Crippen LogP contribution in [0, 0.1) is 0 Å². The number of carbonyl (C=O) groups is 1. The molecule has 18 heavy (non-hydrogen) atoms. The molecule has 1 heterocycles. The highest BCUT2D eigenvalue weighted by Crippen LogP contribution is 2.22. The molecule has 1 aromatic rings. The molecule has 0 atom stereocenters. The van der Waals surface area contributed by atoms with E-state index in [9.17, 15) is 18.0 Å². The van der Waals surface area contributed by atoms with Crippen LogP contribution < -0.4 is 0 Å². The summed E-state index contributed by atoms with van der Waals surface area (Å²) in [6.07, 6.45) is -3.09. The minimum absolute atomic E-state index is 0.0582. The van der Waals surface area contributed by atoms with Crippen LogP contribution in [0.1, 0.15) is 17.3 Å². The Labute approximate surface area is 115 Å². The summed E-state index contributed by atoms with van der Waals surface area (Å²) in [5.41, 5.74) is -0.0582. The number of pyridine rings is 1. The maximum atomic E-state index is 12.3. The predicted octanol–water partition coefficient (Wildman–Crippen LogP) is 3.52. The standard InChI is InChI=1S/C10H9BrClF3N2O/c1-2-17(5-10(13,14)15)9(18)7-3-6(11)4-16-8(7)12/h3-4H,2,5H2,1H3. The minimum atomic E-state index is -4.45. The molecule has 100 valence electrons. The van der Waals surface area contributed by atoms with Crippen molar-refractivity contribution in [2.24, 2.45) is 0 Å². The van der Waals surface area contributed by atoms with Crippen LogP contribution in [-0.2, 0) is 0 Å². The van der Waals surface area contributed by atoms with Crippen LogP contribution in [0.2, 0.25) is 5.15 Å². The number of nitrogens with zero attached hydrogens (tertiary/aromatic N) is 2. The van der Waals surface area contributed by atoms with E-state index in [1.165, 1.54) is 19.2 Å². The fraction of sp³-hybridized carbons (Fsp3) is 0.400. The fourth-order valence-electron chi connectivity index (χ4n) is 1.29. The lowest BCUT2D eigenvalue weighted by molar-refractivity contribution is -0.140. The van der Waals surface area contributed by atoms with E-state index in [1.54, 1.807) is 0 Å². The molecule has 0 spiro atoms. The lowest BCUT2D eigenvalue weighted by atomic mass is 10.2. The Balaban J connectivity index is 3.00. The van der Waals surface area contributed by atoms with E-state index in [4.69, 9.17) is 11.6 Å². The molecular formula is C10H9BrClF3N2O. The molecule has 0 aliphatic rings. The Hall–Kier alpha value is -0.820. The van der Waals surface area contributed by atoms with Crippen LogP contribution in [-0.4, -0.2) is 35.1 Å². The monoisotopic (exact) mass is 344 g/mol. The Kier molecular flexibility index (Phi) is 4.98. The van der Waals surface area contributed by atoms with Gasteiger partial charge < -0.3 is 4.90 Å². The fourth-order valence-corrected chi connectivity index (χ4v) is 1.80. The molecule has 1 rings (SSSR count). The van der Waals surface area contributed by atoms with Crippen LogP contribution in [0.5, 0.6) is 0 Å². The first-order chi connectivity index (χ1) is 8.24. The largest absolute Gasteiger partial charge is 0.406 e. The van der Waals surface area contributed by atoms with E-state index in [2.05, 4.69) is 20.9 Å². The third kappa shape index (κ3) is 4.13. The summed E-state index contributed by atoms with van der Waals surface area (Å²) in [4.78, 5) is 16.3. The van der Waals surface area contributed by atoms with Gasteiger partial charge in [0.15, 0.2) is 0 Å². The van der Waals surface area contributed by atoms with Crippen molar-refractivity contribution in [2.75, 3.05) is 13.1 Å². The van der Waals surface area contributed by atoms with Gasteiger partial charge in [-0.2, -0.15) is 13.2 Å². The highest BCUT2D eigenvalue weighted by molar-refractivity contribution is 9.10. The van der Waals surface area contributed by atoms with E-state index >= 15 is 0 Å². The van der Waals surface area contributed by atoms with Crippen LogP contribution in [0.4, 0.5) is 13.2 Å². The molecule has 0 saturated heterocycles. The van der Waals surface area contributed by atoms with Gasteiger partial charge >= 0.3 is 6.18 Å². The van der Waals surface area contributed by atoms with E-state index in [0.29, 0.717) is 9.37 Å². The van der Waals surface area contributed by atoms with Gasteiger partial charge in [-0.05, 0) is 28.9 Å². The number of hydrogen-bond acceptors (Lipinski definition) is 2. The quantitative estimate of drug-likeness (QED) is 0.785. The maximum Gasteiger partial charge on any atom is 0.406 e. The Bertz CT molecular complexity index is 453. The van der Waals surface area contributed by atoms with Crippen molar-refractivity contribution in [3.8, 4) is 0 Å². The normalized spacial score (nSPS) is 11.4. The Morgan fingerprint density at radius 3 is 2.67 bits per heavy atom. The number of hydrogen-bond donors (Lipinski definition) is 0. The van der Waals surface area contributed by atoms with Gasteiger partial charge in [0, 0.05) is 17.2 Å². The van der Waals surface area contributed by atoms with Gasteiger partial charge in [0.2, 0.25) is 0 Å². The highest BCUT2D eigenvalue weighted by Gasteiger charge is 2.33. The third-order valence-corrected chi connectivity index (χ3v) is 2.81. The number of aromatic nitrogens is 1. The average molecular weight is 346 g/mol. The van der Waals surface area contributed by atoms with Gasteiger partial charge in [0.1, 0.15) is 11.7 Å². The zero-order valence-corrected chi connectivity index (χ0v) is 11.6. The van der Waals surface area contributed by atoms with Gasteiger partial charge in [0.25, 0.3) is 5.91 Å². The number of halogens is 5. The van der Waals surface area contributed by atoms with Crippen LogP contribution >= 0.6 is 27.5 Å². The molecule has 0 aromatic carbocycles. The summed E-state index contributed by atoms with van der Waals surface area (Å²) >= 11 is 8.79. The Morgan fingerprint density at radius 2 is 2.17 bits per heavy atom. The molecule has 0 saturated carbocycles. The Morgan fingerprint density at radius 1 is 1.56 bits per heavy atom. The zero-order chi connectivity index (χ0) is 13.9. The lowest BCUT2D eigenvalue weighted by Crippen LogP contribution is -2.39. The van der Waals surface area contributed by atoms with Gasteiger partial charge in [-0.25, -0.2) is 4.98 Å². The van der Waals surface area contributed by atoms with Gasteiger partial charge in [-0.1, -0.05) is 11.6 Å². The molecule has 0 radical (unpaired) electrons. The van der Waals surface area contributed by atoms with Crippen LogP contribution in [0.15, 0.2) is 16.7 Å². The molecule has 0 aliphatic heterocycles. The van der Waals surface area contributed by atoms with Crippen LogP contribution in [0.3, 0.4) is 0 Å². The van der Waals surface area contributed by atoms with Crippen molar-refractivity contribution >= 4 is 33.4 Å². The first kappa shape index (κ1) is 15.2. The van der Waals surface area contributed by atoms with E-state index in [0.717, 1.165) is 0 Å². The molecule has 8 heteroatoms. The molecule has 3 nitrogen and oxygen atoms in total. The summed E-state index contributed by atoms with van der Waals surface area (Å²) in [6, 6.07) is 1.34. The molecule has 1 aromatic heterocycles. The second kappa shape index (κ2) is 5.88. The third-order valence-electron chi connectivity index (χ3n) is 2.08. The van der Waals surface area contributed by atoms with E-state index in [1.807, 2.05) is 0 Å². The van der Waals surface area contributed by atoms with Crippen molar-refractivity contribution < 1.29 is 18.0 Å². The predicted molar refractivity (Wildman–Crippen MR) is 64.6 cm³/mol. The van der Waals surface area contributed by atoms with Gasteiger partial charge in [0.05, 0.1) is 5.56 Å². The van der Waals surface area contributed by atoms with Crippen molar-refractivity contribution in [1.82, 2.24) is 9.88 Å². The summed E-state index contributed by atoms with van der Waals surface area (Å²) < 4.78 is 37.4. The number of rotatable bonds is 3. The molecule has 1 amide bonds. The molecule has 0 bridgehead atoms. The number of alkyl halides is 3. The summed E-state index contributed by atoms with van der Waals surface area (Å²) in [7, 11) is 0. The molecule has 0 N–H and O–H groups in total. The lowest BCUT2D eigenvalue weighted by Gasteiger charge is -2.22. The second-order valence-electron chi connectivity index (χ2n) is 3.43. The SMILES string of the molecule is CCN(CC(F)(F)F)C(=O)c1cc(Br)cnc1Cl. The smallest absolute Gasteiger partial charge is 0.330 e. The first-order valence-corrected chi connectivity index (χ1v) is 6.08. The topological polar surface area (TPSA) is 33.2 Å². The average Bonchev–Trinajstić information content (AvgIpc) is 2.27. The van der Waals surface area contributed by atoms with E-state index < -0.39 is 18.6 Å². The van der Waals surface area contributed by atoms with Crippen molar-refractivity contribution in [3.05, 3.63) is 27.5 Å². The molecule has 0 aliphatic carbocycles. The first-order valence-electron chi connectivity index (χ1n) is 4.91. The summed E-state index contributed by atoms with van der Waals surface area (Å²) in [6.45, 7) is 0.0787. The molecule has 0 unspecified atom stereocenters. The second-order valence-corrected chi connectivity index (χ2v) is 4.70. The summed E-state index contributed by atoms with van der Waals surface area (Å²) in [5, 5.41) is -0.121. The maximum absolute atomic E-state index is 12.3.